The molecule has 1 amide bonds. The van der Waals surface area contributed by atoms with Crippen LogP contribution >= 0.6 is 0 Å². The van der Waals surface area contributed by atoms with Crippen LogP contribution in [-0.2, 0) is 4.79 Å². The van der Waals surface area contributed by atoms with E-state index in [2.05, 4.69) is 33.0 Å². The van der Waals surface area contributed by atoms with Crippen molar-refractivity contribution in [2.75, 3.05) is 32.7 Å². The normalized spacial score (nSPS) is 13.5. The number of nitrogens with one attached hydrogen (secondary N) is 1. The maximum atomic E-state index is 11.7. The Labute approximate surface area is 107 Å². The topological polar surface area (TPSA) is 29.1 Å². The van der Waals surface area contributed by atoms with Crippen molar-refractivity contribution >= 4 is 5.91 Å². The Kier molecular flexibility index (Phi) is 8.23. The van der Waals surface area contributed by atoms with Crippen LogP contribution in [0.3, 0.4) is 0 Å². The lowest BCUT2D eigenvalue weighted by Crippen LogP contribution is -2.52. The lowest BCUT2D eigenvalue weighted by Gasteiger charge is -2.36. The predicted octanol–water partition coefficient (Wildman–Crippen LogP) is 2.42. The second kappa shape index (κ2) is 8.51. The first-order valence-electron chi connectivity index (χ1n) is 7.18. The van der Waals surface area contributed by atoms with E-state index in [-0.39, 0.29) is 11.8 Å². The minimum atomic E-state index is 0.145. The maximum absolute atomic E-state index is 11.7. The van der Waals surface area contributed by atoms with Gasteiger partial charge in [-0.2, -0.15) is 0 Å². The molecule has 1 unspecified atom stereocenters. The summed E-state index contributed by atoms with van der Waals surface area (Å²) in [5, 5.41) is 3.06. The lowest BCUT2D eigenvalue weighted by atomic mass is 10.1. The molecule has 0 aliphatic rings. The molecule has 0 bridgehead atoms. The quantitative estimate of drug-likeness (QED) is 0.619. The standard InChI is InChI=1S/C14H30N2O/c1-6-11-16(8-3,9-4)12-10-15-14(17)13(5)7-2/h13H,6-12H2,1-5H3/p+1. The van der Waals surface area contributed by atoms with E-state index in [1.165, 1.54) is 13.0 Å². The van der Waals surface area contributed by atoms with Gasteiger partial charge in [-0.3, -0.25) is 4.79 Å². The van der Waals surface area contributed by atoms with Crippen LogP contribution in [0.2, 0.25) is 0 Å². The zero-order valence-corrected chi connectivity index (χ0v) is 12.4. The number of rotatable bonds is 9. The fourth-order valence-electron chi connectivity index (χ4n) is 2.22. The van der Waals surface area contributed by atoms with Crippen molar-refractivity contribution in [2.24, 2.45) is 5.92 Å². The van der Waals surface area contributed by atoms with Gasteiger partial charge in [0.25, 0.3) is 0 Å². The molecule has 0 saturated carbocycles. The summed E-state index contributed by atoms with van der Waals surface area (Å²) in [6.45, 7) is 16.2. The van der Waals surface area contributed by atoms with E-state index < -0.39 is 0 Å². The molecule has 0 saturated heterocycles. The number of carbonyl (C=O) groups is 1. The van der Waals surface area contributed by atoms with Crippen molar-refractivity contribution in [3.8, 4) is 0 Å². The summed E-state index contributed by atoms with van der Waals surface area (Å²) in [4.78, 5) is 11.7. The molecule has 0 rings (SSSR count). The van der Waals surface area contributed by atoms with Crippen LogP contribution in [0.15, 0.2) is 0 Å². The van der Waals surface area contributed by atoms with E-state index in [0.717, 1.165) is 37.1 Å². The minimum Gasteiger partial charge on any atom is -0.350 e. The molecule has 0 radical (unpaired) electrons. The maximum Gasteiger partial charge on any atom is 0.223 e. The molecule has 102 valence electrons. The highest BCUT2D eigenvalue weighted by Gasteiger charge is 2.22. The number of carbonyl (C=O) groups excluding carboxylic acids is 1. The van der Waals surface area contributed by atoms with Gasteiger partial charge in [0.15, 0.2) is 0 Å². The van der Waals surface area contributed by atoms with Gasteiger partial charge >= 0.3 is 0 Å². The van der Waals surface area contributed by atoms with Crippen molar-refractivity contribution in [3.63, 3.8) is 0 Å². The largest absolute Gasteiger partial charge is 0.350 e. The van der Waals surface area contributed by atoms with Gasteiger partial charge in [-0.05, 0) is 26.7 Å². The summed E-state index contributed by atoms with van der Waals surface area (Å²) in [6, 6.07) is 0. The molecule has 0 heterocycles. The molecule has 1 N–H and O–H groups in total. The Balaban J connectivity index is 4.10. The van der Waals surface area contributed by atoms with Gasteiger partial charge in [0.1, 0.15) is 0 Å². The molecule has 3 nitrogen and oxygen atoms in total. The second-order valence-corrected chi connectivity index (χ2v) is 5.02. The van der Waals surface area contributed by atoms with E-state index in [1.54, 1.807) is 0 Å². The molecule has 3 heteroatoms. The fourth-order valence-corrected chi connectivity index (χ4v) is 2.22. The molecule has 0 aromatic carbocycles. The van der Waals surface area contributed by atoms with Crippen molar-refractivity contribution in [2.45, 2.75) is 47.5 Å². The third-order valence-corrected chi connectivity index (χ3v) is 3.98. The van der Waals surface area contributed by atoms with Gasteiger partial charge in [0.2, 0.25) is 5.91 Å². The van der Waals surface area contributed by atoms with Crippen molar-refractivity contribution in [1.82, 2.24) is 5.32 Å². The molecule has 17 heavy (non-hydrogen) atoms. The summed E-state index contributed by atoms with van der Waals surface area (Å²) in [5.74, 6) is 0.348. The van der Waals surface area contributed by atoms with Gasteiger partial charge in [0, 0.05) is 5.92 Å². The summed E-state index contributed by atoms with van der Waals surface area (Å²) >= 11 is 0. The number of nitrogens with zero attached hydrogens (tertiary/aromatic N) is 1. The van der Waals surface area contributed by atoms with Gasteiger partial charge < -0.3 is 9.80 Å². The first-order valence-corrected chi connectivity index (χ1v) is 7.18. The third-order valence-electron chi connectivity index (χ3n) is 3.98. The predicted molar refractivity (Wildman–Crippen MR) is 73.8 cm³/mol. The summed E-state index contributed by atoms with van der Waals surface area (Å²) in [7, 11) is 0. The van der Waals surface area contributed by atoms with Crippen LogP contribution < -0.4 is 5.32 Å². The zero-order valence-electron chi connectivity index (χ0n) is 12.4. The van der Waals surface area contributed by atoms with Crippen LogP contribution in [-0.4, -0.2) is 43.1 Å². The number of hydrogen-bond donors (Lipinski definition) is 1. The fraction of sp³-hybridized carbons (Fsp3) is 0.929. The van der Waals surface area contributed by atoms with Crippen molar-refractivity contribution < 1.29 is 9.28 Å². The molecule has 1 atom stereocenters. The van der Waals surface area contributed by atoms with E-state index >= 15 is 0 Å². The van der Waals surface area contributed by atoms with E-state index in [4.69, 9.17) is 0 Å². The van der Waals surface area contributed by atoms with Crippen molar-refractivity contribution in [1.29, 1.82) is 0 Å². The van der Waals surface area contributed by atoms with Gasteiger partial charge in [-0.1, -0.05) is 20.8 Å². The number of amides is 1. The minimum absolute atomic E-state index is 0.145. The average Bonchev–Trinajstić information content (AvgIpc) is 2.36. The van der Waals surface area contributed by atoms with Gasteiger partial charge in [0.05, 0.1) is 32.7 Å². The summed E-state index contributed by atoms with van der Waals surface area (Å²) in [6.07, 6.45) is 2.13. The van der Waals surface area contributed by atoms with E-state index in [9.17, 15) is 4.79 Å². The Hall–Kier alpha value is -0.570. The second-order valence-electron chi connectivity index (χ2n) is 5.02. The first kappa shape index (κ1) is 16.4. The number of quaternary nitrogens is 1. The van der Waals surface area contributed by atoms with Crippen molar-refractivity contribution in [3.05, 3.63) is 0 Å². The Bertz CT molecular complexity index is 212. The zero-order chi connectivity index (χ0) is 13.3. The first-order chi connectivity index (χ1) is 8.05. The Morgan fingerprint density at radius 1 is 1.12 bits per heavy atom. The average molecular weight is 243 g/mol. The molecular formula is C14H31N2O+. The highest BCUT2D eigenvalue weighted by atomic mass is 16.1. The molecule has 0 aromatic heterocycles. The summed E-state index contributed by atoms with van der Waals surface area (Å²) < 4.78 is 1.12. The highest BCUT2D eigenvalue weighted by Crippen LogP contribution is 2.07. The molecular weight excluding hydrogens is 212 g/mol. The molecule has 0 aliphatic carbocycles. The van der Waals surface area contributed by atoms with Gasteiger partial charge in [-0.15, -0.1) is 0 Å². The molecule has 0 spiro atoms. The third kappa shape index (κ3) is 5.53. The van der Waals surface area contributed by atoms with E-state index in [1.807, 2.05) is 6.92 Å². The SMILES string of the molecule is CCC[N+](CC)(CC)CCNC(=O)C(C)CC. The molecule has 0 fully saturated rings. The summed E-state index contributed by atoms with van der Waals surface area (Å²) in [5.41, 5.74) is 0. The Morgan fingerprint density at radius 3 is 2.12 bits per heavy atom. The smallest absolute Gasteiger partial charge is 0.223 e. The van der Waals surface area contributed by atoms with Crippen LogP contribution in [0.4, 0.5) is 0 Å². The number of likely N-dealkylation sites (N-methyl/N-ethyl adjacent to an activating group) is 1. The van der Waals surface area contributed by atoms with Crippen LogP contribution in [0, 0.1) is 5.92 Å². The monoisotopic (exact) mass is 243 g/mol. The van der Waals surface area contributed by atoms with Crippen LogP contribution in [0.25, 0.3) is 0 Å². The highest BCUT2D eigenvalue weighted by molar-refractivity contribution is 5.78. The molecule has 0 aliphatic heterocycles. The number of hydrogen-bond acceptors (Lipinski definition) is 1. The van der Waals surface area contributed by atoms with Gasteiger partial charge in [-0.25, -0.2) is 0 Å². The molecule has 0 aromatic rings. The Morgan fingerprint density at radius 2 is 1.71 bits per heavy atom. The van der Waals surface area contributed by atoms with E-state index in [0.29, 0.717) is 0 Å². The van der Waals surface area contributed by atoms with Crippen LogP contribution in [0.1, 0.15) is 47.5 Å². The van der Waals surface area contributed by atoms with Crippen LogP contribution in [0.5, 0.6) is 0 Å². The lowest BCUT2D eigenvalue weighted by molar-refractivity contribution is -0.923.